The lowest BCUT2D eigenvalue weighted by Crippen LogP contribution is -2.23. The lowest BCUT2D eigenvalue weighted by Gasteiger charge is -2.06. The first-order chi connectivity index (χ1) is 9.69. The van der Waals surface area contributed by atoms with E-state index in [0.29, 0.717) is 27.7 Å². The highest BCUT2D eigenvalue weighted by Gasteiger charge is 2.25. The SMILES string of the molecule is C#Cc1cc2c(s1)c(=O)n(CC1CC1)c1n[nH]c(=S)n21. The molecule has 3 heterocycles. The lowest BCUT2D eigenvalue weighted by atomic mass is 10.3. The summed E-state index contributed by atoms with van der Waals surface area (Å²) in [6, 6.07) is 1.82. The number of nitrogens with one attached hydrogen (secondary N) is 1. The van der Waals surface area contributed by atoms with Crippen molar-refractivity contribution < 1.29 is 0 Å². The standard InChI is InChI=1S/C13H10N4OS2/c1-2-8-5-9-10(20-8)11(18)16(6-7-3-4-7)12-14-15-13(19)17(9)12/h1,5,7H,3-4,6H2,(H,15,19). The van der Waals surface area contributed by atoms with Crippen molar-refractivity contribution >= 4 is 39.5 Å². The van der Waals surface area contributed by atoms with Crippen LogP contribution in [-0.2, 0) is 6.54 Å². The number of nitrogens with zero attached hydrogens (tertiary/aromatic N) is 3. The monoisotopic (exact) mass is 302 g/mol. The number of thiophene rings is 1. The molecule has 5 nitrogen and oxygen atoms in total. The van der Waals surface area contributed by atoms with Gasteiger partial charge in [0.05, 0.1) is 10.4 Å². The quantitative estimate of drug-likeness (QED) is 0.583. The van der Waals surface area contributed by atoms with E-state index in [0.717, 1.165) is 10.4 Å². The summed E-state index contributed by atoms with van der Waals surface area (Å²) < 4.78 is 4.63. The summed E-state index contributed by atoms with van der Waals surface area (Å²) in [5.41, 5.74) is 0.716. The molecule has 3 aromatic heterocycles. The molecule has 100 valence electrons. The van der Waals surface area contributed by atoms with E-state index in [4.69, 9.17) is 18.6 Å². The van der Waals surface area contributed by atoms with E-state index in [1.165, 1.54) is 24.2 Å². The third-order valence-electron chi connectivity index (χ3n) is 3.57. The Hall–Kier alpha value is -1.91. The third kappa shape index (κ3) is 1.58. The predicted octanol–water partition coefficient (Wildman–Crippen LogP) is 2.16. The Morgan fingerprint density at radius 3 is 3.10 bits per heavy atom. The van der Waals surface area contributed by atoms with E-state index in [9.17, 15) is 4.79 Å². The van der Waals surface area contributed by atoms with E-state index >= 15 is 0 Å². The molecule has 1 aliphatic rings. The van der Waals surface area contributed by atoms with Crippen LogP contribution < -0.4 is 5.56 Å². The molecule has 0 atom stereocenters. The van der Waals surface area contributed by atoms with Gasteiger partial charge in [-0.1, -0.05) is 5.92 Å². The van der Waals surface area contributed by atoms with Crippen molar-refractivity contribution in [2.24, 2.45) is 5.92 Å². The van der Waals surface area contributed by atoms with Crippen molar-refractivity contribution in [1.29, 1.82) is 0 Å². The van der Waals surface area contributed by atoms with Gasteiger partial charge in [-0.15, -0.1) is 22.9 Å². The third-order valence-corrected chi connectivity index (χ3v) is 4.89. The van der Waals surface area contributed by atoms with Crippen LogP contribution in [0.15, 0.2) is 10.9 Å². The van der Waals surface area contributed by atoms with Gasteiger partial charge in [-0.05, 0) is 37.0 Å². The molecule has 0 amide bonds. The highest BCUT2D eigenvalue weighted by Crippen LogP contribution is 2.31. The Morgan fingerprint density at radius 2 is 2.40 bits per heavy atom. The second-order valence-electron chi connectivity index (χ2n) is 4.99. The number of aromatic nitrogens is 4. The minimum atomic E-state index is -0.0279. The predicted molar refractivity (Wildman–Crippen MR) is 80.7 cm³/mol. The molecule has 0 unspecified atom stereocenters. The van der Waals surface area contributed by atoms with E-state index in [1.807, 2.05) is 6.07 Å². The fraction of sp³-hybridized carbons (Fsp3) is 0.308. The smallest absolute Gasteiger partial charge is 0.272 e. The zero-order valence-electron chi connectivity index (χ0n) is 10.4. The second kappa shape index (κ2) is 4.04. The number of hydrogen-bond acceptors (Lipinski definition) is 4. The molecule has 7 heteroatoms. The zero-order valence-corrected chi connectivity index (χ0v) is 12.1. The first-order valence-corrected chi connectivity index (χ1v) is 7.51. The van der Waals surface area contributed by atoms with Crippen LogP contribution in [0.1, 0.15) is 17.7 Å². The minimum absolute atomic E-state index is 0.0279. The lowest BCUT2D eigenvalue weighted by molar-refractivity contribution is 0.616. The highest BCUT2D eigenvalue weighted by atomic mass is 32.1. The molecule has 3 aromatic rings. The molecule has 1 N–H and O–H groups in total. The summed E-state index contributed by atoms with van der Waals surface area (Å²) in [4.78, 5) is 13.4. The van der Waals surface area contributed by atoms with Gasteiger partial charge in [-0.25, -0.2) is 5.10 Å². The van der Waals surface area contributed by atoms with Crippen LogP contribution in [0.5, 0.6) is 0 Å². The van der Waals surface area contributed by atoms with Gasteiger partial charge in [-0.2, -0.15) is 0 Å². The Balaban J connectivity index is 2.19. The van der Waals surface area contributed by atoms with Gasteiger partial charge in [0.2, 0.25) is 10.5 Å². The van der Waals surface area contributed by atoms with E-state index in [1.54, 1.807) is 8.97 Å². The number of hydrogen-bond donors (Lipinski definition) is 1. The Bertz CT molecular complexity index is 994. The molecule has 1 fully saturated rings. The molecular weight excluding hydrogens is 292 g/mol. The molecule has 0 aromatic carbocycles. The molecule has 4 rings (SSSR count). The van der Waals surface area contributed by atoms with Gasteiger partial charge in [0.25, 0.3) is 5.56 Å². The van der Waals surface area contributed by atoms with Crippen LogP contribution in [0.3, 0.4) is 0 Å². The molecule has 20 heavy (non-hydrogen) atoms. The Labute approximate surface area is 122 Å². The normalized spacial score (nSPS) is 14.9. The van der Waals surface area contributed by atoms with Gasteiger partial charge in [0, 0.05) is 6.54 Å². The first kappa shape index (κ1) is 11.9. The van der Waals surface area contributed by atoms with Crippen LogP contribution in [0.2, 0.25) is 0 Å². The fourth-order valence-corrected chi connectivity index (χ4v) is 3.52. The summed E-state index contributed by atoms with van der Waals surface area (Å²) >= 11 is 6.61. The van der Waals surface area contributed by atoms with Gasteiger partial charge >= 0.3 is 0 Å². The Kier molecular flexibility index (Phi) is 2.40. The van der Waals surface area contributed by atoms with Crippen LogP contribution in [0.4, 0.5) is 0 Å². The maximum Gasteiger partial charge on any atom is 0.272 e. The molecule has 0 aliphatic heterocycles. The molecule has 0 radical (unpaired) electrons. The van der Waals surface area contributed by atoms with Crippen LogP contribution in [0.25, 0.3) is 16.0 Å². The van der Waals surface area contributed by atoms with Crippen molar-refractivity contribution in [1.82, 2.24) is 19.2 Å². The second-order valence-corrected chi connectivity index (χ2v) is 6.43. The van der Waals surface area contributed by atoms with Crippen LogP contribution in [0, 0.1) is 23.0 Å². The topological polar surface area (TPSA) is 55.1 Å². The van der Waals surface area contributed by atoms with E-state index in [2.05, 4.69) is 16.1 Å². The number of aromatic amines is 1. The van der Waals surface area contributed by atoms with Crippen molar-refractivity contribution in [3.8, 4) is 12.3 Å². The maximum atomic E-state index is 12.6. The molecule has 1 saturated carbocycles. The van der Waals surface area contributed by atoms with E-state index < -0.39 is 0 Å². The summed E-state index contributed by atoms with van der Waals surface area (Å²) in [6.45, 7) is 0.696. The molecule has 0 saturated heterocycles. The number of H-pyrrole nitrogens is 1. The van der Waals surface area contributed by atoms with Crippen molar-refractivity contribution in [3.05, 3.63) is 26.1 Å². The van der Waals surface area contributed by atoms with Crippen LogP contribution in [-0.4, -0.2) is 19.2 Å². The Morgan fingerprint density at radius 1 is 1.60 bits per heavy atom. The summed E-state index contributed by atoms with van der Waals surface area (Å²) in [6.07, 6.45) is 7.78. The average Bonchev–Trinajstić information content (AvgIpc) is 3.02. The summed E-state index contributed by atoms with van der Waals surface area (Å²) in [5.74, 6) is 3.73. The summed E-state index contributed by atoms with van der Waals surface area (Å²) in [5, 5.41) is 6.97. The zero-order chi connectivity index (χ0) is 13.9. The van der Waals surface area contributed by atoms with Gasteiger partial charge in [-0.3, -0.25) is 13.8 Å². The van der Waals surface area contributed by atoms with Crippen molar-refractivity contribution in [2.75, 3.05) is 0 Å². The number of fused-ring (bicyclic) bond motifs is 3. The summed E-state index contributed by atoms with van der Waals surface area (Å²) in [7, 11) is 0. The number of rotatable bonds is 2. The largest absolute Gasteiger partial charge is 0.275 e. The fourth-order valence-electron chi connectivity index (χ4n) is 2.40. The maximum absolute atomic E-state index is 12.6. The minimum Gasteiger partial charge on any atom is -0.275 e. The first-order valence-electron chi connectivity index (χ1n) is 6.29. The number of terminal acetylenes is 1. The molecule has 0 spiro atoms. The van der Waals surface area contributed by atoms with Gasteiger partial charge in [0.15, 0.2) is 0 Å². The van der Waals surface area contributed by atoms with Crippen molar-refractivity contribution in [2.45, 2.75) is 19.4 Å². The van der Waals surface area contributed by atoms with Crippen LogP contribution >= 0.6 is 23.6 Å². The molecule has 0 bridgehead atoms. The average molecular weight is 302 g/mol. The molecule has 1 aliphatic carbocycles. The van der Waals surface area contributed by atoms with Gasteiger partial charge < -0.3 is 0 Å². The van der Waals surface area contributed by atoms with E-state index in [-0.39, 0.29) is 5.56 Å². The van der Waals surface area contributed by atoms with Crippen molar-refractivity contribution in [3.63, 3.8) is 0 Å². The highest BCUT2D eigenvalue weighted by molar-refractivity contribution is 7.71. The van der Waals surface area contributed by atoms with Gasteiger partial charge in [0.1, 0.15) is 4.70 Å². The molecular formula is C13H10N4OS2.